The van der Waals surface area contributed by atoms with E-state index in [-0.39, 0.29) is 11.5 Å². The van der Waals surface area contributed by atoms with Crippen molar-refractivity contribution in [1.29, 1.82) is 0 Å². The minimum atomic E-state index is -3.45. The zero-order valence-electron chi connectivity index (χ0n) is 12.1. The van der Waals surface area contributed by atoms with E-state index in [1.165, 1.54) is 30.6 Å². The summed E-state index contributed by atoms with van der Waals surface area (Å²) in [6.07, 6.45) is 4.66. The third-order valence-electron chi connectivity index (χ3n) is 4.50. The lowest BCUT2D eigenvalue weighted by Crippen LogP contribution is -2.41. The van der Waals surface area contributed by atoms with Gasteiger partial charge in [0.1, 0.15) is 0 Å². The molecule has 118 valence electrons. The lowest BCUT2D eigenvalue weighted by molar-refractivity contribution is 0.169. The van der Waals surface area contributed by atoms with Crippen LogP contribution >= 0.6 is 11.3 Å². The Kier molecular flexibility index (Phi) is 4.66. The largest absolute Gasteiger partial charge is 0.391 e. The van der Waals surface area contributed by atoms with Crippen LogP contribution in [-0.2, 0) is 16.6 Å². The highest BCUT2D eigenvalue weighted by Gasteiger charge is 2.36. The van der Waals surface area contributed by atoms with Crippen LogP contribution in [0.25, 0.3) is 0 Å². The normalized spacial score (nSPS) is 25.5. The van der Waals surface area contributed by atoms with Crippen LogP contribution < -0.4 is 0 Å². The molecule has 1 unspecified atom stereocenters. The van der Waals surface area contributed by atoms with E-state index in [4.69, 9.17) is 0 Å². The van der Waals surface area contributed by atoms with Crippen molar-refractivity contribution in [2.75, 3.05) is 26.2 Å². The number of thiophene rings is 1. The highest BCUT2D eigenvalue weighted by atomic mass is 32.2. The topological polar surface area (TPSA) is 60.9 Å². The van der Waals surface area contributed by atoms with Crippen LogP contribution in [0.1, 0.15) is 30.6 Å². The monoisotopic (exact) mass is 330 g/mol. The molecular weight excluding hydrogens is 308 g/mol. The fourth-order valence-corrected chi connectivity index (χ4v) is 6.08. The molecule has 5 nitrogen and oxygen atoms in total. The van der Waals surface area contributed by atoms with Gasteiger partial charge in [-0.15, -0.1) is 11.3 Å². The maximum absolute atomic E-state index is 12.7. The molecule has 0 spiro atoms. The van der Waals surface area contributed by atoms with Gasteiger partial charge in [-0.25, -0.2) is 8.42 Å². The van der Waals surface area contributed by atoms with E-state index >= 15 is 0 Å². The average Bonchev–Trinajstić information content (AvgIpc) is 3.17. The minimum absolute atomic E-state index is 0.213. The summed E-state index contributed by atoms with van der Waals surface area (Å²) in [7, 11) is -3.45. The third-order valence-corrected chi connectivity index (χ3v) is 7.48. The van der Waals surface area contributed by atoms with Crippen LogP contribution in [0.5, 0.6) is 0 Å². The molecule has 2 fully saturated rings. The van der Waals surface area contributed by atoms with E-state index in [2.05, 4.69) is 4.90 Å². The highest BCUT2D eigenvalue weighted by molar-refractivity contribution is 7.89. The Bertz CT molecular complexity index is 579. The number of nitrogens with zero attached hydrogens (tertiary/aromatic N) is 2. The molecule has 1 atom stereocenters. The third kappa shape index (κ3) is 3.03. The van der Waals surface area contributed by atoms with Crippen LogP contribution in [0.3, 0.4) is 0 Å². The second kappa shape index (κ2) is 6.34. The first-order chi connectivity index (χ1) is 10.1. The number of likely N-dealkylation sites (tertiary alicyclic amines) is 1. The Balaban J connectivity index is 1.73. The van der Waals surface area contributed by atoms with Crippen molar-refractivity contribution < 1.29 is 13.5 Å². The van der Waals surface area contributed by atoms with Gasteiger partial charge < -0.3 is 5.11 Å². The number of aliphatic hydroxyl groups excluding tert-OH is 1. The summed E-state index contributed by atoms with van der Waals surface area (Å²) in [5, 5.41) is 11.0. The smallest absolute Gasteiger partial charge is 0.244 e. The van der Waals surface area contributed by atoms with E-state index in [0.717, 1.165) is 19.5 Å². The fraction of sp³-hybridized carbons (Fsp3) is 0.714. The summed E-state index contributed by atoms with van der Waals surface area (Å²) >= 11 is 1.30. The highest BCUT2D eigenvalue weighted by Crippen LogP contribution is 2.29. The minimum Gasteiger partial charge on any atom is -0.391 e. The van der Waals surface area contributed by atoms with E-state index in [0.29, 0.717) is 24.0 Å². The van der Waals surface area contributed by atoms with Gasteiger partial charge in [0.15, 0.2) is 0 Å². The summed E-state index contributed by atoms with van der Waals surface area (Å²) < 4.78 is 27.0. The molecule has 1 aromatic heterocycles. The molecule has 0 aliphatic carbocycles. The zero-order chi connectivity index (χ0) is 14.9. The molecule has 1 N–H and O–H groups in total. The fourth-order valence-electron chi connectivity index (χ4n) is 3.32. The van der Waals surface area contributed by atoms with E-state index < -0.39 is 10.0 Å². The van der Waals surface area contributed by atoms with Crippen LogP contribution in [-0.4, -0.2) is 55.0 Å². The summed E-state index contributed by atoms with van der Waals surface area (Å²) in [6, 6.07) is 1.97. The van der Waals surface area contributed by atoms with Gasteiger partial charge >= 0.3 is 0 Å². The van der Waals surface area contributed by atoms with Crippen LogP contribution in [0.4, 0.5) is 0 Å². The molecule has 21 heavy (non-hydrogen) atoms. The van der Waals surface area contributed by atoms with Crippen molar-refractivity contribution in [3.8, 4) is 0 Å². The molecule has 0 radical (unpaired) electrons. The van der Waals surface area contributed by atoms with E-state index in [1.54, 1.807) is 15.8 Å². The summed E-state index contributed by atoms with van der Waals surface area (Å²) in [5.41, 5.74) is 0. The molecule has 2 saturated heterocycles. The second-order valence-corrected chi connectivity index (χ2v) is 8.68. The van der Waals surface area contributed by atoms with Gasteiger partial charge in [-0.1, -0.05) is 6.42 Å². The van der Waals surface area contributed by atoms with Gasteiger partial charge in [0.25, 0.3) is 0 Å². The summed E-state index contributed by atoms with van der Waals surface area (Å²) in [5.74, 6) is 0. The molecule has 1 aromatic rings. The quantitative estimate of drug-likeness (QED) is 0.909. The maximum atomic E-state index is 12.7. The summed E-state index contributed by atoms with van der Waals surface area (Å²) in [6.45, 7) is 3.15. The van der Waals surface area contributed by atoms with Gasteiger partial charge in [-0.3, -0.25) is 4.90 Å². The summed E-state index contributed by atoms with van der Waals surface area (Å²) in [4.78, 5) is 3.27. The van der Waals surface area contributed by atoms with Crippen LogP contribution in [0.15, 0.2) is 16.3 Å². The van der Waals surface area contributed by atoms with E-state index in [1.807, 2.05) is 0 Å². The van der Waals surface area contributed by atoms with Gasteiger partial charge in [-0.05, 0) is 43.8 Å². The van der Waals surface area contributed by atoms with Crippen LogP contribution in [0, 0.1) is 0 Å². The molecule has 3 heterocycles. The Labute approximate surface area is 130 Å². The van der Waals surface area contributed by atoms with Crippen molar-refractivity contribution in [2.24, 2.45) is 0 Å². The Morgan fingerprint density at radius 3 is 2.71 bits per heavy atom. The predicted octanol–water partition coefficient (Wildman–Crippen LogP) is 1.49. The van der Waals surface area contributed by atoms with Gasteiger partial charge in [0.2, 0.25) is 10.0 Å². The molecule has 2 aliphatic rings. The Hall–Kier alpha value is -0.470. The lowest BCUT2D eigenvalue weighted by Gasteiger charge is -2.32. The maximum Gasteiger partial charge on any atom is 0.244 e. The molecule has 0 aromatic carbocycles. The number of sulfonamides is 1. The Morgan fingerprint density at radius 2 is 2.00 bits per heavy atom. The lowest BCUT2D eigenvalue weighted by atomic mass is 10.1. The molecule has 3 rings (SSSR count). The SMILES string of the molecule is O=S(=O)(c1ccsc1CO)N1CCC(N2CCCCC2)C1. The van der Waals surface area contributed by atoms with Gasteiger partial charge in [0, 0.05) is 24.0 Å². The molecule has 0 saturated carbocycles. The standard InChI is InChI=1S/C14H22N2O3S2/c17-11-13-14(5-9-20-13)21(18,19)16-8-4-12(10-16)15-6-2-1-3-7-15/h5,9,12,17H,1-4,6-8,10-11H2. The molecular formula is C14H22N2O3S2. The molecule has 7 heteroatoms. The average molecular weight is 330 g/mol. The zero-order valence-corrected chi connectivity index (χ0v) is 13.7. The van der Waals surface area contributed by atoms with Crippen molar-refractivity contribution in [3.05, 3.63) is 16.3 Å². The number of hydrogen-bond donors (Lipinski definition) is 1. The van der Waals surface area contributed by atoms with Gasteiger partial charge in [-0.2, -0.15) is 4.31 Å². The van der Waals surface area contributed by atoms with Crippen molar-refractivity contribution in [3.63, 3.8) is 0 Å². The first-order valence-corrected chi connectivity index (χ1v) is 9.86. The van der Waals surface area contributed by atoms with Gasteiger partial charge in [0.05, 0.1) is 11.5 Å². The number of piperidine rings is 1. The number of hydrogen-bond acceptors (Lipinski definition) is 5. The van der Waals surface area contributed by atoms with Crippen LogP contribution in [0.2, 0.25) is 0 Å². The second-order valence-electron chi connectivity index (χ2n) is 5.77. The van der Waals surface area contributed by atoms with Crippen molar-refractivity contribution in [1.82, 2.24) is 9.21 Å². The first-order valence-electron chi connectivity index (χ1n) is 7.54. The van der Waals surface area contributed by atoms with Crippen molar-refractivity contribution >= 4 is 21.4 Å². The predicted molar refractivity (Wildman–Crippen MR) is 82.8 cm³/mol. The Morgan fingerprint density at radius 1 is 1.24 bits per heavy atom. The first kappa shape index (κ1) is 15.4. The molecule has 0 amide bonds. The van der Waals surface area contributed by atoms with Crippen molar-refractivity contribution in [2.45, 2.75) is 43.2 Å². The molecule has 2 aliphatic heterocycles. The number of aliphatic hydroxyl groups is 1. The number of rotatable bonds is 4. The van der Waals surface area contributed by atoms with E-state index in [9.17, 15) is 13.5 Å². The molecule has 0 bridgehead atoms.